The zero-order valence-electron chi connectivity index (χ0n) is 16.4. The van der Waals surface area contributed by atoms with Gasteiger partial charge in [-0.25, -0.2) is 0 Å². The first-order chi connectivity index (χ1) is 13.2. The lowest BCUT2D eigenvalue weighted by atomic mass is 10.2. The third kappa shape index (κ3) is 5.36. The number of hydrogen-bond acceptors (Lipinski definition) is 3. The van der Waals surface area contributed by atoms with E-state index in [1.165, 1.54) is 11.0 Å². The standard InChI is InChI=1S/C20H24Cl2N4O2/c1-5-6-11-26-19(22)15(13(2)24-26)9-10-18(27)23-14-7-8-16(17(21)12-14)20(28)25(3)4/h7-10,12H,5-6,11H2,1-4H3,(H,23,27)/b10-9+. The van der Waals surface area contributed by atoms with E-state index in [-0.39, 0.29) is 16.8 Å². The van der Waals surface area contributed by atoms with E-state index in [0.717, 1.165) is 30.6 Å². The molecule has 0 aliphatic carbocycles. The molecule has 6 nitrogen and oxygen atoms in total. The topological polar surface area (TPSA) is 67.2 Å². The van der Waals surface area contributed by atoms with Crippen LogP contribution in [0.3, 0.4) is 0 Å². The molecule has 0 unspecified atom stereocenters. The van der Waals surface area contributed by atoms with E-state index >= 15 is 0 Å². The Kier molecular flexibility index (Phi) is 7.66. The number of benzene rings is 1. The zero-order valence-corrected chi connectivity index (χ0v) is 17.9. The fourth-order valence-corrected chi connectivity index (χ4v) is 3.15. The van der Waals surface area contributed by atoms with Crippen LogP contribution in [-0.4, -0.2) is 40.6 Å². The summed E-state index contributed by atoms with van der Waals surface area (Å²) in [4.78, 5) is 25.7. The largest absolute Gasteiger partial charge is 0.345 e. The number of rotatable bonds is 7. The zero-order chi connectivity index (χ0) is 20.8. The van der Waals surface area contributed by atoms with Crippen LogP contribution in [0.4, 0.5) is 5.69 Å². The summed E-state index contributed by atoms with van der Waals surface area (Å²) in [6.07, 6.45) is 5.07. The molecule has 0 bridgehead atoms. The van der Waals surface area contributed by atoms with Crippen molar-refractivity contribution >= 4 is 46.8 Å². The summed E-state index contributed by atoms with van der Waals surface area (Å²) in [7, 11) is 3.30. The van der Waals surface area contributed by atoms with Crippen molar-refractivity contribution in [2.24, 2.45) is 0 Å². The first-order valence-corrected chi connectivity index (χ1v) is 9.73. The van der Waals surface area contributed by atoms with Gasteiger partial charge in [-0.2, -0.15) is 5.10 Å². The Hall–Kier alpha value is -2.31. The summed E-state index contributed by atoms with van der Waals surface area (Å²) in [5.41, 5.74) is 2.36. The molecule has 1 aromatic heterocycles. The maximum Gasteiger partial charge on any atom is 0.254 e. The second-order valence-corrected chi connectivity index (χ2v) is 7.35. The predicted octanol–water partition coefficient (Wildman–Crippen LogP) is 4.65. The fraction of sp³-hybridized carbons (Fsp3) is 0.350. The SMILES string of the molecule is CCCCn1nc(C)c(/C=C/C(=O)Nc2ccc(C(=O)N(C)C)c(Cl)c2)c1Cl. The summed E-state index contributed by atoms with van der Waals surface area (Å²) in [5, 5.41) is 7.93. The number of unbranched alkanes of at least 4 members (excludes halogenated alkanes) is 1. The summed E-state index contributed by atoms with van der Waals surface area (Å²) < 4.78 is 1.75. The highest BCUT2D eigenvalue weighted by molar-refractivity contribution is 6.34. The third-order valence-electron chi connectivity index (χ3n) is 4.11. The number of aromatic nitrogens is 2. The molecule has 28 heavy (non-hydrogen) atoms. The molecular weight excluding hydrogens is 399 g/mol. The predicted molar refractivity (Wildman–Crippen MR) is 114 cm³/mol. The number of hydrogen-bond donors (Lipinski definition) is 1. The van der Waals surface area contributed by atoms with Crippen LogP contribution in [0.25, 0.3) is 6.08 Å². The first-order valence-electron chi connectivity index (χ1n) is 8.97. The Balaban J connectivity index is 2.09. The average molecular weight is 423 g/mol. The first kappa shape index (κ1) is 22.0. The Morgan fingerprint density at radius 2 is 2.00 bits per heavy atom. The Morgan fingerprint density at radius 3 is 2.61 bits per heavy atom. The monoisotopic (exact) mass is 422 g/mol. The molecule has 0 saturated carbocycles. The van der Waals surface area contributed by atoms with Gasteiger partial charge < -0.3 is 10.2 Å². The van der Waals surface area contributed by atoms with Crippen molar-refractivity contribution < 1.29 is 9.59 Å². The van der Waals surface area contributed by atoms with Crippen LogP contribution in [0.15, 0.2) is 24.3 Å². The van der Waals surface area contributed by atoms with Crippen LogP contribution in [0.2, 0.25) is 10.2 Å². The van der Waals surface area contributed by atoms with Crippen molar-refractivity contribution in [1.82, 2.24) is 14.7 Å². The van der Waals surface area contributed by atoms with Gasteiger partial charge in [-0.1, -0.05) is 36.5 Å². The second kappa shape index (κ2) is 9.75. The molecule has 1 aromatic carbocycles. The van der Waals surface area contributed by atoms with Crippen LogP contribution in [0, 0.1) is 6.92 Å². The second-order valence-electron chi connectivity index (χ2n) is 6.58. The number of amides is 2. The van der Waals surface area contributed by atoms with Crippen LogP contribution >= 0.6 is 23.2 Å². The lowest BCUT2D eigenvalue weighted by Crippen LogP contribution is -2.22. The molecule has 2 aromatic rings. The van der Waals surface area contributed by atoms with Crippen molar-refractivity contribution in [3.63, 3.8) is 0 Å². The molecule has 0 aliphatic rings. The van der Waals surface area contributed by atoms with Crippen LogP contribution in [0.1, 0.15) is 41.4 Å². The van der Waals surface area contributed by atoms with E-state index in [4.69, 9.17) is 23.2 Å². The molecule has 0 spiro atoms. The summed E-state index contributed by atoms with van der Waals surface area (Å²) in [6.45, 7) is 4.70. The summed E-state index contributed by atoms with van der Waals surface area (Å²) in [5.74, 6) is -0.535. The molecule has 0 saturated heterocycles. The van der Waals surface area contributed by atoms with Gasteiger partial charge in [0.1, 0.15) is 5.15 Å². The molecule has 8 heteroatoms. The fourth-order valence-electron chi connectivity index (χ4n) is 2.56. The number of carbonyl (C=O) groups is 2. The molecule has 1 N–H and O–H groups in total. The molecule has 0 atom stereocenters. The number of nitrogens with zero attached hydrogens (tertiary/aromatic N) is 3. The number of anilines is 1. The van der Waals surface area contributed by atoms with Gasteiger partial charge in [0.05, 0.1) is 16.3 Å². The molecule has 1 heterocycles. The van der Waals surface area contributed by atoms with Gasteiger partial charge in [-0.3, -0.25) is 14.3 Å². The van der Waals surface area contributed by atoms with Gasteiger partial charge in [0.2, 0.25) is 5.91 Å². The number of halogens is 2. The van der Waals surface area contributed by atoms with Gasteiger partial charge in [0.15, 0.2) is 0 Å². The van der Waals surface area contributed by atoms with E-state index in [1.54, 1.807) is 43.1 Å². The van der Waals surface area contributed by atoms with Crippen molar-refractivity contribution in [3.05, 3.63) is 51.3 Å². The van der Waals surface area contributed by atoms with Gasteiger partial charge in [0.25, 0.3) is 5.91 Å². The molecule has 2 rings (SSSR count). The maximum atomic E-state index is 12.2. The number of carbonyl (C=O) groups excluding carboxylic acids is 2. The summed E-state index contributed by atoms with van der Waals surface area (Å²) >= 11 is 12.5. The Bertz CT molecular complexity index is 904. The van der Waals surface area contributed by atoms with E-state index in [1.807, 2.05) is 6.92 Å². The lowest BCUT2D eigenvalue weighted by Gasteiger charge is -2.12. The highest BCUT2D eigenvalue weighted by Crippen LogP contribution is 2.23. The Labute approximate surface area is 175 Å². The van der Waals surface area contributed by atoms with E-state index in [2.05, 4.69) is 17.3 Å². The van der Waals surface area contributed by atoms with E-state index in [9.17, 15) is 9.59 Å². The van der Waals surface area contributed by atoms with E-state index < -0.39 is 0 Å². The molecule has 0 fully saturated rings. The maximum absolute atomic E-state index is 12.2. The highest BCUT2D eigenvalue weighted by atomic mass is 35.5. The van der Waals surface area contributed by atoms with Crippen molar-refractivity contribution in [2.45, 2.75) is 33.2 Å². The van der Waals surface area contributed by atoms with Gasteiger partial charge >= 0.3 is 0 Å². The van der Waals surface area contributed by atoms with Gasteiger partial charge in [0, 0.05) is 38.0 Å². The van der Waals surface area contributed by atoms with Crippen LogP contribution in [-0.2, 0) is 11.3 Å². The lowest BCUT2D eigenvalue weighted by molar-refractivity contribution is -0.111. The molecule has 2 amide bonds. The van der Waals surface area contributed by atoms with Crippen LogP contribution < -0.4 is 5.32 Å². The molecule has 0 radical (unpaired) electrons. The smallest absolute Gasteiger partial charge is 0.254 e. The van der Waals surface area contributed by atoms with Crippen molar-refractivity contribution in [3.8, 4) is 0 Å². The third-order valence-corrected chi connectivity index (χ3v) is 4.82. The minimum Gasteiger partial charge on any atom is -0.345 e. The normalized spacial score (nSPS) is 11.1. The minimum atomic E-state index is -0.334. The molecule has 0 aliphatic heterocycles. The van der Waals surface area contributed by atoms with E-state index in [0.29, 0.717) is 16.4 Å². The average Bonchev–Trinajstić information content (AvgIpc) is 2.91. The van der Waals surface area contributed by atoms with Gasteiger partial charge in [-0.15, -0.1) is 0 Å². The minimum absolute atomic E-state index is 0.201. The van der Waals surface area contributed by atoms with Gasteiger partial charge in [-0.05, 0) is 37.6 Å². The quantitative estimate of drug-likeness (QED) is 0.660. The van der Waals surface area contributed by atoms with Crippen LogP contribution in [0.5, 0.6) is 0 Å². The Morgan fingerprint density at radius 1 is 1.29 bits per heavy atom. The number of aryl methyl sites for hydroxylation is 2. The highest BCUT2D eigenvalue weighted by Gasteiger charge is 2.14. The molecular formula is C20H24Cl2N4O2. The van der Waals surface area contributed by atoms with Crippen molar-refractivity contribution in [1.29, 1.82) is 0 Å². The summed E-state index contributed by atoms with van der Waals surface area (Å²) in [6, 6.07) is 4.77. The van der Waals surface area contributed by atoms with Crippen molar-refractivity contribution in [2.75, 3.05) is 19.4 Å². The number of nitrogens with one attached hydrogen (secondary N) is 1. The molecule has 150 valence electrons.